The standard InChI is InChI=1S/C10H21N3O5S/c1-7(2)6-8(9(14)15)13-10(16)12-4-3-5-19(11,17)18/h7-8H,3-6H2,1-2H3,(H,14,15)(H2,11,17,18)(H2,12,13,16)/t8-/m0/s1. The van der Waals surface area contributed by atoms with Crippen molar-refractivity contribution in [1.82, 2.24) is 10.6 Å². The number of hydrogen-bond acceptors (Lipinski definition) is 4. The summed E-state index contributed by atoms with van der Waals surface area (Å²) in [7, 11) is -3.54. The molecule has 2 amide bonds. The van der Waals surface area contributed by atoms with Gasteiger partial charge in [0.15, 0.2) is 0 Å². The number of nitrogens with one attached hydrogen (secondary N) is 2. The summed E-state index contributed by atoms with van der Waals surface area (Å²) in [6.07, 6.45) is 0.494. The van der Waals surface area contributed by atoms with Gasteiger partial charge in [0.25, 0.3) is 0 Å². The van der Waals surface area contributed by atoms with Gasteiger partial charge >= 0.3 is 12.0 Å². The van der Waals surface area contributed by atoms with Gasteiger partial charge in [-0.2, -0.15) is 0 Å². The Hall–Kier alpha value is -1.35. The number of carboxylic acids is 1. The molecule has 1 atom stereocenters. The number of rotatable bonds is 8. The van der Waals surface area contributed by atoms with Crippen molar-refractivity contribution >= 4 is 22.0 Å². The van der Waals surface area contributed by atoms with Crippen LogP contribution in [0.5, 0.6) is 0 Å². The predicted octanol–water partition coefficient (Wildman–Crippen LogP) is -0.536. The number of nitrogens with two attached hydrogens (primary N) is 1. The van der Waals surface area contributed by atoms with E-state index >= 15 is 0 Å². The van der Waals surface area contributed by atoms with E-state index in [1.165, 1.54) is 0 Å². The highest BCUT2D eigenvalue weighted by atomic mass is 32.2. The van der Waals surface area contributed by atoms with Crippen LogP contribution in [-0.4, -0.2) is 43.9 Å². The molecule has 0 fully saturated rings. The van der Waals surface area contributed by atoms with Crippen LogP contribution in [0.1, 0.15) is 26.7 Å². The minimum absolute atomic E-state index is 0.107. The van der Waals surface area contributed by atoms with Crippen molar-refractivity contribution in [2.75, 3.05) is 12.3 Å². The largest absolute Gasteiger partial charge is 0.480 e. The molecule has 0 aliphatic rings. The molecule has 0 heterocycles. The van der Waals surface area contributed by atoms with Gasteiger partial charge in [0.05, 0.1) is 5.75 Å². The van der Waals surface area contributed by atoms with Crippen LogP contribution >= 0.6 is 0 Å². The molecule has 0 aliphatic carbocycles. The molecule has 8 nitrogen and oxygen atoms in total. The Balaban J connectivity index is 4.04. The van der Waals surface area contributed by atoms with Crippen LogP contribution in [0, 0.1) is 5.92 Å². The number of amides is 2. The topological polar surface area (TPSA) is 139 Å². The van der Waals surface area contributed by atoms with Gasteiger partial charge in [-0.25, -0.2) is 23.1 Å². The van der Waals surface area contributed by atoms with Crippen LogP contribution in [0.4, 0.5) is 4.79 Å². The lowest BCUT2D eigenvalue weighted by atomic mass is 10.0. The second-order valence-corrected chi connectivity index (χ2v) is 6.38. The first kappa shape index (κ1) is 17.6. The lowest BCUT2D eigenvalue weighted by molar-refractivity contribution is -0.139. The average Bonchev–Trinajstić information content (AvgIpc) is 2.21. The van der Waals surface area contributed by atoms with Gasteiger partial charge in [-0.15, -0.1) is 0 Å². The molecule has 0 bridgehead atoms. The Morgan fingerprint density at radius 1 is 1.32 bits per heavy atom. The van der Waals surface area contributed by atoms with Crippen LogP contribution in [0.25, 0.3) is 0 Å². The van der Waals surface area contributed by atoms with Gasteiger partial charge in [-0.05, 0) is 18.8 Å². The van der Waals surface area contributed by atoms with Crippen LogP contribution in [-0.2, 0) is 14.8 Å². The first-order valence-electron chi connectivity index (χ1n) is 5.89. The molecular formula is C10H21N3O5S. The van der Waals surface area contributed by atoms with E-state index in [0.717, 1.165) is 0 Å². The Bertz CT molecular complexity index is 407. The van der Waals surface area contributed by atoms with E-state index in [1.54, 1.807) is 0 Å². The quantitative estimate of drug-likeness (QED) is 0.445. The molecular weight excluding hydrogens is 274 g/mol. The van der Waals surface area contributed by atoms with Gasteiger partial charge in [0.2, 0.25) is 10.0 Å². The van der Waals surface area contributed by atoms with Crippen LogP contribution in [0.15, 0.2) is 0 Å². The zero-order valence-corrected chi connectivity index (χ0v) is 11.9. The normalized spacial score (nSPS) is 13.1. The first-order valence-corrected chi connectivity index (χ1v) is 7.61. The monoisotopic (exact) mass is 295 g/mol. The predicted molar refractivity (Wildman–Crippen MR) is 70.0 cm³/mol. The smallest absolute Gasteiger partial charge is 0.326 e. The van der Waals surface area contributed by atoms with Crippen LogP contribution < -0.4 is 15.8 Å². The highest BCUT2D eigenvalue weighted by Crippen LogP contribution is 2.04. The fourth-order valence-corrected chi connectivity index (χ4v) is 1.92. The third kappa shape index (κ3) is 10.3. The number of hydrogen-bond donors (Lipinski definition) is 4. The van der Waals surface area contributed by atoms with E-state index in [0.29, 0.717) is 6.42 Å². The maximum atomic E-state index is 11.4. The highest BCUT2D eigenvalue weighted by Gasteiger charge is 2.20. The lowest BCUT2D eigenvalue weighted by Gasteiger charge is -2.16. The zero-order chi connectivity index (χ0) is 15.1. The maximum absolute atomic E-state index is 11.4. The number of primary sulfonamides is 1. The summed E-state index contributed by atoms with van der Waals surface area (Å²) < 4.78 is 21.3. The molecule has 5 N–H and O–H groups in total. The minimum Gasteiger partial charge on any atom is -0.480 e. The molecule has 0 saturated carbocycles. The Morgan fingerprint density at radius 2 is 1.89 bits per heavy atom. The molecule has 0 aromatic carbocycles. The Kier molecular flexibility index (Phi) is 7.38. The van der Waals surface area contributed by atoms with Crippen LogP contribution in [0.3, 0.4) is 0 Å². The molecule has 0 aromatic rings. The van der Waals surface area contributed by atoms with Crippen molar-refractivity contribution in [3.05, 3.63) is 0 Å². The van der Waals surface area contributed by atoms with E-state index in [1.807, 2.05) is 13.8 Å². The molecule has 112 valence electrons. The molecule has 9 heteroatoms. The van der Waals surface area contributed by atoms with E-state index in [-0.39, 0.29) is 24.6 Å². The summed E-state index contributed by atoms with van der Waals surface area (Å²) in [4.78, 5) is 22.3. The van der Waals surface area contributed by atoms with Gasteiger partial charge < -0.3 is 15.7 Å². The summed E-state index contributed by atoms with van der Waals surface area (Å²) in [5.74, 6) is -1.21. The number of carboxylic acid groups (broad SMARTS) is 1. The molecule has 19 heavy (non-hydrogen) atoms. The minimum atomic E-state index is -3.54. The number of carbonyl (C=O) groups excluding carboxylic acids is 1. The fourth-order valence-electron chi connectivity index (χ4n) is 1.38. The van der Waals surface area contributed by atoms with Gasteiger partial charge in [-0.3, -0.25) is 0 Å². The number of sulfonamides is 1. The second kappa shape index (κ2) is 7.95. The number of aliphatic carboxylic acids is 1. The molecule has 0 unspecified atom stereocenters. The van der Waals surface area contributed by atoms with Crippen molar-refractivity contribution in [3.63, 3.8) is 0 Å². The van der Waals surface area contributed by atoms with E-state index in [9.17, 15) is 18.0 Å². The summed E-state index contributed by atoms with van der Waals surface area (Å²) in [5.41, 5.74) is 0. The SMILES string of the molecule is CC(C)C[C@H](NC(=O)NCCCS(N)(=O)=O)C(=O)O. The Morgan fingerprint density at radius 3 is 2.32 bits per heavy atom. The van der Waals surface area contributed by atoms with Crippen molar-refractivity contribution in [1.29, 1.82) is 0 Å². The maximum Gasteiger partial charge on any atom is 0.326 e. The molecule has 0 spiro atoms. The molecule has 0 saturated heterocycles. The fraction of sp³-hybridized carbons (Fsp3) is 0.800. The van der Waals surface area contributed by atoms with Crippen molar-refractivity contribution in [2.24, 2.45) is 11.1 Å². The highest BCUT2D eigenvalue weighted by molar-refractivity contribution is 7.89. The van der Waals surface area contributed by atoms with Crippen molar-refractivity contribution < 1.29 is 23.1 Å². The summed E-state index contributed by atoms with van der Waals surface area (Å²) >= 11 is 0. The second-order valence-electron chi connectivity index (χ2n) is 4.64. The van der Waals surface area contributed by atoms with E-state index < -0.39 is 28.1 Å². The molecule has 0 rings (SSSR count). The van der Waals surface area contributed by atoms with Gasteiger partial charge in [0, 0.05) is 6.54 Å². The molecule has 0 aliphatic heterocycles. The van der Waals surface area contributed by atoms with Crippen LogP contribution in [0.2, 0.25) is 0 Å². The summed E-state index contributed by atoms with van der Waals surface area (Å²) in [5, 5.41) is 18.4. The summed E-state index contributed by atoms with van der Waals surface area (Å²) in [6, 6.07) is -1.60. The van der Waals surface area contributed by atoms with E-state index in [2.05, 4.69) is 10.6 Å². The first-order chi connectivity index (χ1) is 8.61. The molecule has 0 radical (unpaired) electrons. The van der Waals surface area contributed by atoms with Crippen molar-refractivity contribution in [2.45, 2.75) is 32.7 Å². The molecule has 0 aromatic heterocycles. The van der Waals surface area contributed by atoms with Gasteiger partial charge in [-0.1, -0.05) is 13.8 Å². The Labute approximate surface area is 112 Å². The van der Waals surface area contributed by atoms with E-state index in [4.69, 9.17) is 10.2 Å². The van der Waals surface area contributed by atoms with Crippen molar-refractivity contribution in [3.8, 4) is 0 Å². The summed E-state index contributed by atoms with van der Waals surface area (Å²) in [6.45, 7) is 3.81. The number of carbonyl (C=O) groups is 2. The van der Waals surface area contributed by atoms with Gasteiger partial charge in [0.1, 0.15) is 6.04 Å². The lowest BCUT2D eigenvalue weighted by Crippen LogP contribution is -2.47. The zero-order valence-electron chi connectivity index (χ0n) is 11.0. The number of urea groups is 1. The third-order valence-electron chi connectivity index (χ3n) is 2.20. The average molecular weight is 295 g/mol. The third-order valence-corrected chi connectivity index (χ3v) is 3.06.